The summed E-state index contributed by atoms with van der Waals surface area (Å²) in [6.07, 6.45) is 5.57. The van der Waals surface area contributed by atoms with Crippen molar-refractivity contribution in [2.24, 2.45) is 0 Å². The molecule has 1 heterocycles. The molecule has 164 valence electrons. The van der Waals surface area contributed by atoms with Gasteiger partial charge in [-0.25, -0.2) is 8.42 Å². The van der Waals surface area contributed by atoms with Crippen LogP contribution in [0.1, 0.15) is 43.9 Å². The number of nitrogens with one attached hydrogen (secondary N) is 1. The molecule has 0 unspecified atom stereocenters. The fourth-order valence-corrected chi connectivity index (χ4v) is 4.92. The molecule has 0 radical (unpaired) electrons. The van der Waals surface area contributed by atoms with Gasteiger partial charge in [0, 0.05) is 5.92 Å². The first-order chi connectivity index (χ1) is 15.0. The highest BCUT2D eigenvalue weighted by molar-refractivity contribution is 7.92. The first kappa shape index (κ1) is 21.2. The minimum Gasteiger partial charge on any atom is -0.496 e. The van der Waals surface area contributed by atoms with Gasteiger partial charge in [0.2, 0.25) is 11.7 Å². The molecule has 0 amide bonds. The van der Waals surface area contributed by atoms with E-state index in [2.05, 4.69) is 14.9 Å². The maximum Gasteiger partial charge on any atom is 0.262 e. The van der Waals surface area contributed by atoms with Crippen molar-refractivity contribution in [1.82, 2.24) is 10.1 Å². The van der Waals surface area contributed by atoms with Crippen molar-refractivity contribution in [1.29, 1.82) is 0 Å². The van der Waals surface area contributed by atoms with E-state index in [9.17, 15) is 8.42 Å². The van der Waals surface area contributed by atoms with E-state index in [0.29, 0.717) is 34.5 Å². The van der Waals surface area contributed by atoms with Crippen LogP contribution in [0.5, 0.6) is 11.5 Å². The summed E-state index contributed by atoms with van der Waals surface area (Å²) in [5.74, 6) is 2.05. The highest BCUT2D eigenvalue weighted by atomic mass is 32.2. The SMILES string of the molecule is COc1ccccc1NS(=O)(=O)c1ccc(OC)c(-c2noc(C3CCCCC3)n2)c1. The van der Waals surface area contributed by atoms with Crippen LogP contribution < -0.4 is 14.2 Å². The lowest BCUT2D eigenvalue weighted by atomic mass is 9.89. The van der Waals surface area contributed by atoms with Crippen molar-refractivity contribution in [3.05, 3.63) is 48.4 Å². The number of nitrogens with zero attached hydrogens (tertiary/aromatic N) is 2. The number of rotatable bonds is 7. The van der Waals surface area contributed by atoms with E-state index in [4.69, 9.17) is 14.0 Å². The van der Waals surface area contributed by atoms with Gasteiger partial charge in [0.1, 0.15) is 11.5 Å². The zero-order valence-corrected chi connectivity index (χ0v) is 18.3. The first-order valence-electron chi connectivity index (χ1n) is 10.2. The predicted molar refractivity (Wildman–Crippen MR) is 116 cm³/mol. The molecule has 3 aromatic rings. The summed E-state index contributed by atoms with van der Waals surface area (Å²) in [4.78, 5) is 4.61. The van der Waals surface area contributed by atoms with Crippen LogP contribution >= 0.6 is 0 Å². The van der Waals surface area contributed by atoms with Crippen LogP contribution in [0.15, 0.2) is 51.9 Å². The predicted octanol–water partition coefficient (Wildman–Crippen LogP) is 4.60. The molecule has 0 bridgehead atoms. The van der Waals surface area contributed by atoms with Crippen LogP contribution in [0.3, 0.4) is 0 Å². The molecule has 1 aliphatic rings. The Bertz CT molecular complexity index is 1150. The van der Waals surface area contributed by atoms with Gasteiger partial charge in [-0.05, 0) is 43.2 Å². The number of hydrogen-bond acceptors (Lipinski definition) is 7. The van der Waals surface area contributed by atoms with Gasteiger partial charge < -0.3 is 14.0 Å². The second-order valence-corrected chi connectivity index (χ2v) is 9.14. The van der Waals surface area contributed by atoms with E-state index in [1.807, 2.05) is 0 Å². The van der Waals surface area contributed by atoms with E-state index in [1.165, 1.54) is 32.8 Å². The molecular weight excluding hydrogens is 418 g/mol. The van der Waals surface area contributed by atoms with Crippen LogP contribution in [0.25, 0.3) is 11.4 Å². The Kier molecular flexibility index (Phi) is 6.13. The number of ether oxygens (including phenoxy) is 2. The number of sulfonamides is 1. The second kappa shape index (κ2) is 8.97. The highest BCUT2D eigenvalue weighted by Gasteiger charge is 2.24. The fourth-order valence-electron chi connectivity index (χ4n) is 3.82. The zero-order chi connectivity index (χ0) is 21.8. The summed E-state index contributed by atoms with van der Waals surface area (Å²) in [6, 6.07) is 11.4. The summed E-state index contributed by atoms with van der Waals surface area (Å²) >= 11 is 0. The Hall–Kier alpha value is -3.07. The Balaban J connectivity index is 1.67. The van der Waals surface area contributed by atoms with Crippen molar-refractivity contribution in [2.45, 2.75) is 42.9 Å². The van der Waals surface area contributed by atoms with Crippen molar-refractivity contribution in [3.63, 3.8) is 0 Å². The minimum atomic E-state index is -3.89. The summed E-state index contributed by atoms with van der Waals surface area (Å²) in [6.45, 7) is 0. The topological polar surface area (TPSA) is 104 Å². The van der Waals surface area contributed by atoms with E-state index >= 15 is 0 Å². The fraction of sp³-hybridized carbons (Fsp3) is 0.364. The Morgan fingerprint density at radius 2 is 1.74 bits per heavy atom. The van der Waals surface area contributed by atoms with E-state index < -0.39 is 10.0 Å². The average Bonchev–Trinajstić information content (AvgIpc) is 3.29. The number of hydrogen-bond donors (Lipinski definition) is 1. The lowest BCUT2D eigenvalue weighted by Crippen LogP contribution is -2.14. The summed E-state index contributed by atoms with van der Waals surface area (Å²) in [7, 11) is -0.886. The Morgan fingerprint density at radius 3 is 2.48 bits per heavy atom. The molecule has 0 atom stereocenters. The zero-order valence-electron chi connectivity index (χ0n) is 17.5. The molecule has 8 nitrogen and oxygen atoms in total. The van der Waals surface area contributed by atoms with Gasteiger partial charge in [0.25, 0.3) is 10.0 Å². The minimum absolute atomic E-state index is 0.0539. The van der Waals surface area contributed by atoms with Crippen LogP contribution in [0, 0.1) is 0 Å². The molecule has 2 aromatic carbocycles. The Morgan fingerprint density at radius 1 is 1.00 bits per heavy atom. The second-order valence-electron chi connectivity index (χ2n) is 7.46. The van der Waals surface area contributed by atoms with E-state index in [1.54, 1.807) is 30.3 Å². The molecule has 1 fully saturated rings. The summed E-state index contributed by atoms with van der Waals surface area (Å²) < 4.78 is 44.8. The van der Waals surface area contributed by atoms with Gasteiger partial charge in [-0.2, -0.15) is 4.98 Å². The third-order valence-corrected chi connectivity index (χ3v) is 6.83. The third kappa shape index (κ3) is 4.51. The number of aromatic nitrogens is 2. The normalized spacial score (nSPS) is 14.9. The van der Waals surface area contributed by atoms with Gasteiger partial charge in [-0.1, -0.05) is 36.6 Å². The maximum absolute atomic E-state index is 13.0. The molecular formula is C22H25N3O5S. The molecule has 1 N–H and O–H groups in total. The van der Waals surface area contributed by atoms with E-state index in [0.717, 1.165) is 25.7 Å². The third-order valence-electron chi connectivity index (χ3n) is 5.47. The molecule has 4 rings (SSSR count). The average molecular weight is 444 g/mol. The lowest BCUT2D eigenvalue weighted by molar-refractivity contribution is 0.314. The lowest BCUT2D eigenvalue weighted by Gasteiger charge is -2.17. The molecule has 0 saturated heterocycles. The molecule has 0 spiro atoms. The van der Waals surface area contributed by atoms with Crippen molar-refractivity contribution < 1.29 is 22.4 Å². The van der Waals surface area contributed by atoms with Gasteiger partial charge in [-0.15, -0.1) is 0 Å². The molecule has 0 aliphatic heterocycles. The smallest absolute Gasteiger partial charge is 0.262 e. The van der Waals surface area contributed by atoms with Gasteiger partial charge in [-0.3, -0.25) is 4.72 Å². The van der Waals surface area contributed by atoms with Gasteiger partial charge in [0.05, 0.1) is 30.4 Å². The monoisotopic (exact) mass is 443 g/mol. The number of benzene rings is 2. The molecule has 1 aliphatic carbocycles. The largest absolute Gasteiger partial charge is 0.496 e. The molecule has 31 heavy (non-hydrogen) atoms. The van der Waals surface area contributed by atoms with Crippen LogP contribution in [-0.4, -0.2) is 32.8 Å². The Labute approximate surface area is 181 Å². The van der Waals surface area contributed by atoms with Crippen molar-refractivity contribution in [3.8, 4) is 22.9 Å². The summed E-state index contributed by atoms with van der Waals surface area (Å²) in [5.41, 5.74) is 0.803. The highest BCUT2D eigenvalue weighted by Crippen LogP contribution is 2.35. The number of anilines is 1. The van der Waals surface area contributed by atoms with Crippen LogP contribution in [0.4, 0.5) is 5.69 Å². The number of para-hydroxylation sites is 2. The summed E-state index contributed by atoms with van der Waals surface area (Å²) in [5, 5.41) is 4.10. The molecule has 1 saturated carbocycles. The maximum atomic E-state index is 13.0. The van der Waals surface area contributed by atoms with Gasteiger partial charge >= 0.3 is 0 Å². The quantitative estimate of drug-likeness (QED) is 0.569. The molecule has 1 aromatic heterocycles. The van der Waals surface area contributed by atoms with Crippen molar-refractivity contribution >= 4 is 15.7 Å². The van der Waals surface area contributed by atoms with Crippen LogP contribution in [-0.2, 0) is 10.0 Å². The van der Waals surface area contributed by atoms with Gasteiger partial charge in [0.15, 0.2) is 0 Å². The van der Waals surface area contributed by atoms with Crippen molar-refractivity contribution in [2.75, 3.05) is 18.9 Å². The van der Waals surface area contributed by atoms with E-state index in [-0.39, 0.29) is 10.8 Å². The standard InChI is InChI=1S/C22H25N3O5S/c1-28-19-13-12-16(31(26,27)25-18-10-6-7-11-20(18)29-2)14-17(19)21-23-22(30-24-21)15-8-4-3-5-9-15/h6-7,10-15,25H,3-5,8-9H2,1-2H3. The van der Waals surface area contributed by atoms with Crippen LogP contribution in [0.2, 0.25) is 0 Å². The molecule has 9 heteroatoms. The number of methoxy groups -OCH3 is 2. The first-order valence-corrected chi connectivity index (χ1v) is 11.7.